The molecule has 1 atom stereocenters. The maximum atomic E-state index is 11.8. The molecule has 0 fully saturated rings. The van der Waals surface area contributed by atoms with E-state index in [1.54, 1.807) is 27.7 Å². The van der Waals surface area contributed by atoms with Crippen molar-refractivity contribution in [3.05, 3.63) is 11.7 Å². The number of aromatic nitrogens is 2. The van der Waals surface area contributed by atoms with Crippen molar-refractivity contribution in [3.8, 4) is 0 Å². The molecule has 0 aliphatic carbocycles. The third-order valence-electron chi connectivity index (χ3n) is 2.36. The average Bonchev–Trinajstić information content (AvgIpc) is 2.58. The van der Waals surface area contributed by atoms with Gasteiger partial charge in [-0.2, -0.15) is 4.98 Å². The minimum atomic E-state index is -1.15. The Balaban J connectivity index is 2.66. The Hall–Kier alpha value is -1.92. The molecule has 0 spiro atoms. The summed E-state index contributed by atoms with van der Waals surface area (Å²) in [5.41, 5.74) is -0.666. The molecule has 1 amide bonds. The lowest BCUT2D eigenvalue weighted by molar-refractivity contribution is -0.151. The van der Waals surface area contributed by atoms with E-state index in [0.29, 0.717) is 5.82 Å². The largest absolute Gasteiger partial charge is 0.481 e. The Bertz CT molecular complexity index is 447. The Morgan fingerprint density at radius 2 is 2.06 bits per heavy atom. The summed E-state index contributed by atoms with van der Waals surface area (Å²) in [5, 5.41) is 15.1. The van der Waals surface area contributed by atoms with Crippen molar-refractivity contribution in [1.82, 2.24) is 15.5 Å². The van der Waals surface area contributed by atoms with Crippen molar-refractivity contribution in [3.63, 3.8) is 0 Å². The predicted octanol–water partition coefficient (Wildman–Crippen LogP) is 0.741. The maximum Gasteiger partial charge on any atom is 0.316 e. The fourth-order valence-electron chi connectivity index (χ4n) is 1.55. The summed E-state index contributed by atoms with van der Waals surface area (Å²) < 4.78 is 4.82. The Morgan fingerprint density at radius 3 is 2.44 bits per heavy atom. The van der Waals surface area contributed by atoms with Crippen molar-refractivity contribution >= 4 is 11.9 Å². The average molecular weight is 255 g/mol. The summed E-state index contributed by atoms with van der Waals surface area (Å²) in [5.74, 6) is -2.13. The Morgan fingerprint density at radius 1 is 1.44 bits per heavy atom. The second-order valence-corrected chi connectivity index (χ2v) is 5.09. The van der Waals surface area contributed by atoms with Crippen LogP contribution >= 0.6 is 0 Å². The van der Waals surface area contributed by atoms with Gasteiger partial charge in [-0.1, -0.05) is 25.9 Å². The summed E-state index contributed by atoms with van der Waals surface area (Å²) in [6, 6.07) is 0. The zero-order valence-corrected chi connectivity index (χ0v) is 10.9. The van der Waals surface area contributed by atoms with Gasteiger partial charge in [0.05, 0.1) is 6.54 Å². The van der Waals surface area contributed by atoms with E-state index in [4.69, 9.17) is 9.63 Å². The SMILES string of the molecule is Cc1noc(CNC(=O)C(C(=O)O)C(C)(C)C)n1. The zero-order valence-electron chi connectivity index (χ0n) is 10.9. The van der Waals surface area contributed by atoms with Gasteiger partial charge in [-0.3, -0.25) is 9.59 Å². The standard InChI is InChI=1S/C11H17N3O4/c1-6-13-7(18-14-6)5-12-9(15)8(10(16)17)11(2,3)4/h8H,5H2,1-4H3,(H,12,15)(H,16,17). The molecule has 1 rings (SSSR count). The van der Waals surface area contributed by atoms with Crippen molar-refractivity contribution in [1.29, 1.82) is 0 Å². The van der Waals surface area contributed by atoms with Crippen LogP contribution in [0.15, 0.2) is 4.52 Å². The Kier molecular flexibility index (Phi) is 4.05. The van der Waals surface area contributed by atoms with Crippen LogP contribution in [0.1, 0.15) is 32.5 Å². The van der Waals surface area contributed by atoms with Crippen LogP contribution in [-0.2, 0) is 16.1 Å². The van der Waals surface area contributed by atoms with Crippen LogP contribution in [-0.4, -0.2) is 27.1 Å². The maximum absolute atomic E-state index is 11.8. The number of carboxylic acids is 1. The van der Waals surface area contributed by atoms with E-state index in [1.165, 1.54) is 0 Å². The number of hydrogen-bond acceptors (Lipinski definition) is 5. The third kappa shape index (κ3) is 3.54. The van der Waals surface area contributed by atoms with Gasteiger partial charge in [-0.05, 0) is 12.3 Å². The van der Waals surface area contributed by atoms with Crippen LogP contribution in [0.5, 0.6) is 0 Å². The number of nitrogens with zero attached hydrogens (tertiary/aromatic N) is 2. The molecule has 0 aromatic carbocycles. The van der Waals surface area contributed by atoms with E-state index >= 15 is 0 Å². The van der Waals surface area contributed by atoms with E-state index < -0.39 is 23.2 Å². The second kappa shape index (κ2) is 5.16. The van der Waals surface area contributed by atoms with Gasteiger partial charge in [0.2, 0.25) is 11.8 Å². The van der Waals surface area contributed by atoms with E-state index in [2.05, 4.69) is 15.5 Å². The van der Waals surface area contributed by atoms with Crippen molar-refractivity contribution in [2.45, 2.75) is 34.2 Å². The molecule has 2 N–H and O–H groups in total. The summed E-state index contributed by atoms with van der Waals surface area (Å²) in [6.07, 6.45) is 0. The minimum absolute atomic E-state index is 0.0273. The number of carbonyl (C=O) groups is 2. The fourth-order valence-corrected chi connectivity index (χ4v) is 1.55. The molecule has 7 heteroatoms. The van der Waals surface area contributed by atoms with Gasteiger partial charge < -0.3 is 14.9 Å². The molecule has 100 valence electrons. The highest BCUT2D eigenvalue weighted by Crippen LogP contribution is 2.26. The van der Waals surface area contributed by atoms with Gasteiger partial charge in [0.15, 0.2) is 5.82 Å². The van der Waals surface area contributed by atoms with Crippen LogP contribution in [0.4, 0.5) is 0 Å². The van der Waals surface area contributed by atoms with Gasteiger partial charge >= 0.3 is 5.97 Å². The van der Waals surface area contributed by atoms with Crippen LogP contribution in [0.3, 0.4) is 0 Å². The minimum Gasteiger partial charge on any atom is -0.481 e. The third-order valence-corrected chi connectivity index (χ3v) is 2.36. The lowest BCUT2D eigenvalue weighted by Crippen LogP contribution is -2.42. The number of amides is 1. The lowest BCUT2D eigenvalue weighted by atomic mass is 9.80. The lowest BCUT2D eigenvalue weighted by Gasteiger charge is -2.25. The first-order chi connectivity index (χ1) is 8.21. The van der Waals surface area contributed by atoms with Crippen molar-refractivity contribution in [2.75, 3.05) is 0 Å². The number of carboxylic acid groups (broad SMARTS) is 1. The molecule has 0 aliphatic heterocycles. The summed E-state index contributed by atoms with van der Waals surface area (Å²) >= 11 is 0. The van der Waals surface area contributed by atoms with E-state index in [1.807, 2.05) is 0 Å². The molecular formula is C11H17N3O4. The summed E-state index contributed by atoms with van der Waals surface area (Å²) in [7, 11) is 0. The quantitative estimate of drug-likeness (QED) is 0.769. The smallest absolute Gasteiger partial charge is 0.316 e. The highest BCUT2D eigenvalue weighted by atomic mass is 16.5. The Labute approximate surface area is 105 Å². The number of aliphatic carboxylic acids is 1. The number of nitrogens with one attached hydrogen (secondary N) is 1. The summed E-state index contributed by atoms with van der Waals surface area (Å²) in [4.78, 5) is 26.8. The fraction of sp³-hybridized carbons (Fsp3) is 0.636. The molecule has 0 bridgehead atoms. The highest BCUT2D eigenvalue weighted by molar-refractivity contribution is 5.97. The van der Waals surface area contributed by atoms with Crippen LogP contribution in [0.25, 0.3) is 0 Å². The van der Waals surface area contributed by atoms with E-state index in [0.717, 1.165) is 0 Å². The monoisotopic (exact) mass is 255 g/mol. The number of rotatable bonds is 4. The molecular weight excluding hydrogens is 238 g/mol. The number of hydrogen-bond donors (Lipinski definition) is 2. The first-order valence-electron chi connectivity index (χ1n) is 5.51. The first kappa shape index (κ1) is 14.1. The van der Waals surface area contributed by atoms with Gasteiger partial charge in [-0.25, -0.2) is 0 Å². The second-order valence-electron chi connectivity index (χ2n) is 5.09. The predicted molar refractivity (Wildman–Crippen MR) is 61.5 cm³/mol. The van der Waals surface area contributed by atoms with E-state index in [9.17, 15) is 9.59 Å². The van der Waals surface area contributed by atoms with Crippen molar-refractivity contribution < 1.29 is 19.2 Å². The van der Waals surface area contributed by atoms with Crippen LogP contribution in [0.2, 0.25) is 0 Å². The molecule has 0 radical (unpaired) electrons. The molecule has 0 aliphatic rings. The van der Waals surface area contributed by atoms with E-state index in [-0.39, 0.29) is 12.4 Å². The molecule has 0 saturated carbocycles. The van der Waals surface area contributed by atoms with Crippen LogP contribution in [0, 0.1) is 18.3 Å². The van der Waals surface area contributed by atoms with Crippen LogP contribution < -0.4 is 5.32 Å². The molecule has 1 aromatic heterocycles. The zero-order chi connectivity index (χ0) is 13.9. The molecule has 1 aromatic rings. The molecule has 7 nitrogen and oxygen atoms in total. The first-order valence-corrected chi connectivity index (χ1v) is 5.51. The molecule has 1 unspecified atom stereocenters. The van der Waals surface area contributed by atoms with Crippen molar-refractivity contribution in [2.24, 2.45) is 11.3 Å². The van der Waals surface area contributed by atoms with Gasteiger partial charge in [0, 0.05) is 0 Å². The van der Waals surface area contributed by atoms with Gasteiger partial charge in [0.25, 0.3) is 0 Å². The van der Waals surface area contributed by atoms with Gasteiger partial charge in [0.1, 0.15) is 5.92 Å². The topological polar surface area (TPSA) is 105 Å². The number of carbonyl (C=O) groups excluding carboxylic acids is 1. The van der Waals surface area contributed by atoms with Gasteiger partial charge in [-0.15, -0.1) is 0 Å². The molecule has 1 heterocycles. The highest BCUT2D eigenvalue weighted by Gasteiger charge is 2.37. The normalized spacial score (nSPS) is 13.1. The summed E-state index contributed by atoms with van der Waals surface area (Å²) in [6.45, 7) is 6.77. The molecule has 18 heavy (non-hydrogen) atoms. The number of aryl methyl sites for hydroxylation is 1. The molecule has 0 saturated heterocycles.